The van der Waals surface area contributed by atoms with Gasteiger partial charge < -0.3 is 14.5 Å². The maximum atomic E-state index is 12.3. The van der Waals surface area contributed by atoms with Crippen LogP contribution in [0.15, 0.2) is 36.7 Å². The Hall–Kier alpha value is -2.64. The first-order chi connectivity index (χ1) is 12.3. The van der Waals surface area contributed by atoms with Crippen LogP contribution < -0.4 is 5.32 Å². The lowest BCUT2D eigenvalue weighted by Crippen LogP contribution is -2.30. The Balaban J connectivity index is 1.69. The molecule has 3 aromatic heterocycles. The fourth-order valence-corrected chi connectivity index (χ4v) is 2.67. The molecule has 0 aliphatic carbocycles. The number of nitrogens with zero attached hydrogens (tertiary/aromatic N) is 3. The van der Waals surface area contributed by atoms with Gasteiger partial charge in [-0.05, 0) is 32.0 Å². The quantitative estimate of drug-likeness (QED) is 0.686. The predicted molar refractivity (Wildman–Crippen MR) is 97.7 cm³/mol. The summed E-state index contributed by atoms with van der Waals surface area (Å²) in [6.45, 7) is 3.33. The largest absolute Gasteiger partial charge is 0.448 e. The molecule has 0 radical (unpaired) electrons. The van der Waals surface area contributed by atoms with Crippen molar-refractivity contribution in [3.8, 4) is 0 Å². The Labute approximate surface area is 158 Å². The maximum Gasteiger partial charge on any atom is 0.359 e. The van der Waals surface area contributed by atoms with Crippen LogP contribution >= 0.6 is 23.2 Å². The van der Waals surface area contributed by atoms with E-state index in [-0.39, 0.29) is 16.5 Å². The van der Waals surface area contributed by atoms with E-state index in [2.05, 4.69) is 15.3 Å². The number of carbonyl (C=O) groups excluding carboxylic acids is 2. The van der Waals surface area contributed by atoms with Crippen molar-refractivity contribution in [1.29, 1.82) is 0 Å². The van der Waals surface area contributed by atoms with Crippen molar-refractivity contribution in [1.82, 2.24) is 14.4 Å². The van der Waals surface area contributed by atoms with E-state index in [1.165, 1.54) is 19.2 Å². The van der Waals surface area contributed by atoms with Gasteiger partial charge in [-0.25, -0.2) is 14.8 Å². The minimum atomic E-state index is -1.07. The highest BCUT2D eigenvalue weighted by atomic mass is 35.5. The Morgan fingerprint density at radius 2 is 2.08 bits per heavy atom. The highest BCUT2D eigenvalue weighted by molar-refractivity contribution is 6.36. The van der Waals surface area contributed by atoms with Gasteiger partial charge in [-0.3, -0.25) is 4.79 Å². The van der Waals surface area contributed by atoms with Crippen LogP contribution in [-0.4, -0.2) is 32.3 Å². The molecular weight excluding hydrogens is 379 g/mol. The standard InChI is InChI=1S/C17H14Cl2N4O3/c1-9-4-3-5-14-21-13(8-23(9)14)17(25)26-10(2)16(24)22-15-12(19)6-11(18)7-20-15/h3-8,10H,1-2H3,(H,20,22,24). The minimum absolute atomic E-state index is 0.113. The first-order valence-corrected chi connectivity index (χ1v) is 8.38. The van der Waals surface area contributed by atoms with Gasteiger partial charge in [-0.1, -0.05) is 29.3 Å². The summed E-state index contributed by atoms with van der Waals surface area (Å²) in [5.41, 5.74) is 1.65. The van der Waals surface area contributed by atoms with Crippen LogP contribution in [0, 0.1) is 6.92 Å². The number of carbonyl (C=O) groups is 2. The summed E-state index contributed by atoms with van der Waals surface area (Å²) in [5, 5.41) is 3.01. The monoisotopic (exact) mass is 392 g/mol. The number of rotatable bonds is 4. The molecule has 1 N–H and O–H groups in total. The van der Waals surface area contributed by atoms with E-state index >= 15 is 0 Å². The number of hydrogen-bond donors (Lipinski definition) is 1. The zero-order valence-electron chi connectivity index (χ0n) is 13.9. The highest BCUT2D eigenvalue weighted by Gasteiger charge is 2.22. The number of fused-ring (bicyclic) bond motifs is 1. The molecule has 0 aromatic carbocycles. The van der Waals surface area contributed by atoms with E-state index in [0.29, 0.717) is 10.7 Å². The second-order valence-corrected chi connectivity index (χ2v) is 6.39. The summed E-state index contributed by atoms with van der Waals surface area (Å²) in [4.78, 5) is 32.6. The Kier molecular flexibility index (Phi) is 5.11. The first-order valence-electron chi connectivity index (χ1n) is 7.63. The van der Waals surface area contributed by atoms with Gasteiger partial charge >= 0.3 is 5.97 Å². The molecule has 0 spiro atoms. The summed E-state index contributed by atoms with van der Waals surface area (Å²) in [6.07, 6.45) is 1.84. The Morgan fingerprint density at radius 3 is 2.77 bits per heavy atom. The van der Waals surface area contributed by atoms with Gasteiger partial charge in [0.25, 0.3) is 5.91 Å². The molecule has 3 aromatic rings. The van der Waals surface area contributed by atoms with E-state index < -0.39 is 18.0 Å². The molecule has 26 heavy (non-hydrogen) atoms. The zero-order chi connectivity index (χ0) is 18.8. The van der Waals surface area contributed by atoms with Crippen molar-refractivity contribution in [2.45, 2.75) is 20.0 Å². The van der Waals surface area contributed by atoms with Crippen LogP contribution in [0.2, 0.25) is 10.0 Å². The molecule has 3 rings (SSSR count). The second-order valence-electron chi connectivity index (χ2n) is 5.54. The molecule has 1 amide bonds. The van der Waals surface area contributed by atoms with Crippen molar-refractivity contribution in [2.75, 3.05) is 5.32 Å². The van der Waals surface area contributed by atoms with E-state index in [9.17, 15) is 9.59 Å². The summed E-state index contributed by atoms with van der Waals surface area (Å²) in [5.74, 6) is -1.15. The van der Waals surface area contributed by atoms with Crippen LogP contribution in [0.25, 0.3) is 5.65 Å². The topological polar surface area (TPSA) is 85.6 Å². The molecule has 0 aliphatic rings. The molecule has 0 fully saturated rings. The molecule has 7 nitrogen and oxygen atoms in total. The van der Waals surface area contributed by atoms with Crippen LogP contribution in [0.5, 0.6) is 0 Å². The van der Waals surface area contributed by atoms with Gasteiger partial charge in [-0.15, -0.1) is 0 Å². The summed E-state index contributed by atoms with van der Waals surface area (Å²) < 4.78 is 6.94. The number of pyridine rings is 2. The lowest BCUT2D eigenvalue weighted by molar-refractivity contribution is -0.123. The number of halogens is 2. The van der Waals surface area contributed by atoms with Crippen molar-refractivity contribution >= 4 is 46.5 Å². The number of anilines is 1. The predicted octanol–water partition coefficient (Wildman–Crippen LogP) is 3.53. The summed E-state index contributed by atoms with van der Waals surface area (Å²) in [7, 11) is 0. The average Bonchev–Trinajstić information content (AvgIpc) is 3.03. The number of aromatic nitrogens is 3. The smallest absolute Gasteiger partial charge is 0.359 e. The normalized spacial score (nSPS) is 12.0. The molecule has 0 aliphatic heterocycles. The number of nitrogens with one attached hydrogen (secondary N) is 1. The molecule has 1 atom stereocenters. The number of esters is 1. The van der Waals surface area contributed by atoms with E-state index in [1.54, 1.807) is 16.7 Å². The number of ether oxygens (including phenoxy) is 1. The molecule has 3 heterocycles. The van der Waals surface area contributed by atoms with Gasteiger partial charge in [0.05, 0.1) is 10.0 Å². The van der Waals surface area contributed by atoms with Gasteiger partial charge in [0.2, 0.25) is 0 Å². The van der Waals surface area contributed by atoms with Gasteiger partial charge in [0, 0.05) is 18.1 Å². The highest BCUT2D eigenvalue weighted by Crippen LogP contribution is 2.22. The van der Waals surface area contributed by atoms with Crippen molar-refractivity contribution in [3.63, 3.8) is 0 Å². The van der Waals surface area contributed by atoms with Crippen LogP contribution in [-0.2, 0) is 9.53 Å². The number of imidazole rings is 1. The fourth-order valence-electron chi connectivity index (χ4n) is 2.25. The van der Waals surface area contributed by atoms with Crippen molar-refractivity contribution in [2.24, 2.45) is 0 Å². The third-order valence-electron chi connectivity index (χ3n) is 3.61. The average molecular weight is 393 g/mol. The van der Waals surface area contributed by atoms with E-state index in [0.717, 1.165) is 5.69 Å². The molecule has 0 saturated carbocycles. The Bertz CT molecular complexity index is 1000. The van der Waals surface area contributed by atoms with Crippen LogP contribution in [0.4, 0.5) is 5.82 Å². The number of amides is 1. The molecule has 9 heteroatoms. The SMILES string of the molecule is Cc1cccc2nc(C(=O)OC(C)C(=O)Nc3ncc(Cl)cc3Cl)cn12. The minimum Gasteiger partial charge on any atom is -0.448 e. The lowest BCUT2D eigenvalue weighted by atomic mass is 10.3. The lowest BCUT2D eigenvalue weighted by Gasteiger charge is -2.13. The van der Waals surface area contributed by atoms with Crippen LogP contribution in [0.3, 0.4) is 0 Å². The van der Waals surface area contributed by atoms with Gasteiger partial charge in [0.1, 0.15) is 5.65 Å². The third kappa shape index (κ3) is 3.79. The molecule has 134 valence electrons. The molecule has 1 unspecified atom stereocenters. The zero-order valence-corrected chi connectivity index (χ0v) is 15.4. The second kappa shape index (κ2) is 7.31. The summed E-state index contributed by atoms with van der Waals surface area (Å²) >= 11 is 11.7. The first kappa shape index (κ1) is 18.2. The molecule has 0 saturated heterocycles. The van der Waals surface area contributed by atoms with Gasteiger partial charge in [0.15, 0.2) is 17.6 Å². The van der Waals surface area contributed by atoms with E-state index in [1.807, 2.05) is 19.1 Å². The molecular formula is C17H14Cl2N4O3. The Morgan fingerprint density at radius 1 is 1.31 bits per heavy atom. The number of aryl methyl sites for hydroxylation is 1. The molecule has 0 bridgehead atoms. The third-order valence-corrected chi connectivity index (χ3v) is 4.10. The maximum absolute atomic E-state index is 12.3. The fraction of sp³-hybridized carbons (Fsp3) is 0.176. The number of hydrogen-bond acceptors (Lipinski definition) is 5. The van der Waals surface area contributed by atoms with Crippen molar-refractivity contribution < 1.29 is 14.3 Å². The van der Waals surface area contributed by atoms with E-state index in [4.69, 9.17) is 27.9 Å². The summed E-state index contributed by atoms with van der Waals surface area (Å²) in [6, 6.07) is 6.95. The van der Waals surface area contributed by atoms with Gasteiger partial charge in [-0.2, -0.15) is 0 Å². The van der Waals surface area contributed by atoms with Crippen LogP contribution in [0.1, 0.15) is 23.1 Å². The van der Waals surface area contributed by atoms with Crippen molar-refractivity contribution in [3.05, 3.63) is 58.1 Å².